The first kappa shape index (κ1) is 14.4. The largest absolute Gasteiger partial charge is 0.475 e. The Morgan fingerprint density at radius 1 is 1.19 bits per heavy atom. The van der Waals surface area contributed by atoms with Gasteiger partial charge < -0.3 is 10.5 Å². The highest BCUT2D eigenvalue weighted by Crippen LogP contribution is 2.31. The number of nitrogens with two attached hydrogens (primary N) is 1. The van der Waals surface area contributed by atoms with Crippen molar-refractivity contribution in [3.05, 3.63) is 35.4 Å². The van der Waals surface area contributed by atoms with E-state index in [0.29, 0.717) is 12.3 Å². The van der Waals surface area contributed by atoms with Crippen LogP contribution in [0, 0.1) is 0 Å². The summed E-state index contributed by atoms with van der Waals surface area (Å²) in [5, 5.41) is 0. The molecule has 0 radical (unpaired) electrons. The van der Waals surface area contributed by atoms with E-state index in [4.69, 9.17) is 10.5 Å². The second-order valence-corrected chi connectivity index (χ2v) is 5.69. The van der Waals surface area contributed by atoms with E-state index in [1.807, 2.05) is 0 Å². The van der Waals surface area contributed by atoms with Gasteiger partial charge in [-0.3, -0.25) is 0 Å². The van der Waals surface area contributed by atoms with Crippen LogP contribution >= 0.6 is 0 Å². The van der Waals surface area contributed by atoms with E-state index in [9.17, 15) is 13.2 Å². The minimum Gasteiger partial charge on any atom is -0.475 e. The topological polar surface area (TPSA) is 47.6 Å². The predicted molar refractivity (Wildman–Crippen MR) is 73.1 cm³/mol. The van der Waals surface area contributed by atoms with E-state index < -0.39 is 11.7 Å². The Morgan fingerprint density at radius 2 is 1.90 bits per heavy atom. The van der Waals surface area contributed by atoms with Crippen molar-refractivity contribution in [2.24, 2.45) is 10.7 Å². The summed E-state index contributed by atoms with van der Waals surface area (Å²) >= 11 is 0. The zero-order valence-electron chi connectivity index (χ0n) is 11.4. The van der Waals surface area contributed by atoms with Gasteiger partial charge in [0.05, 0.1) is 11.6 Å². The smallest absolute Gasteiger partial charge is 0.416 e. The molecule has 0 saturated heterocycles. The fraction of sp³-hybridized carbons (Fsp3) is 0.533. The van der Waals surface area contributed by atoms with Crippen molar-refractivity contribution in [2.75, 3.05) is 0 Å². The van der Waals surface area contributed by atoms with Crippen LogP contribution in [0.3, 0.4) is 0 Å². The molecule has 6 heteroatoms. The number of benzene rings is 1. The molecule has 1 aliphatic carbocycles. The summed E-state index contributed by atoms with van der Waals surface area (Å²) < 4.78 is 43.3. The first-order valence-electron chi connectivity index (χ1n) is 7.07. The average Bonchev–Trinajstić information content (AvgIpc) is 2.79. The fourth-order valence-electron chi connectivity index (χ4n) is 2.89. The van der Waals surface area contributed by atoms with Gasteiger partial charge in [-0.15, -0.1) is 0 Å². The van der Waals surface area contributed by atoms with Crippen LogP contribution in [0.15, 0.2) is 29.3 Å². The van der Waals surface area contributed by atoms with Crippen molar-refractivity contribution in [3.63, 3.8) is 0 Å². The monoisotopic (exact) mass is 298 g/mol. The van der Waals surface area contributed by atoms with Gasteiger partial charge in [-0.2, -0.15) is 13.2 Å². The van der Waals surface area contributed by atoms with Crippen LogP contribution in [0.2, 0.25) is 0 Å². The predicted octanol–water partition coefficient (Wildman–Crippen LogP) is 2.93. The van der Waals surface area contributed by atoms with Crippen molar-refractivity contribution in [2.45, 2.75) is 50.0 Å². The van der Waals surface area contributed by atoms with Gasteiger partial charge in [0, 0.05) is 12.5 Å². The molecular weight excluding hydrogens is 281 g/mol. The molecule has 1 heterocycles. The van der Waals surface area contributed by atoms with E-state index >= 15 is 0 Å². The molecule has 2 N–H and O–H groups in total. The van der Waals surface area contributed by atoms with Gasteiger partial charge in [0.1, 0.15) is 6.10 Å². The third-order valence-corrected chi connectivity index (χ3v) is 4.03. The van der Waals surface area contributed by atoms with Gasteiger partial charge in [-0.05, 0) is 37.0 Å². The van der Waals surface area contributed by atoms with Crippen LogP contribution in [-0.4, -0.2) is 24.1 Å². The molecule has 0 amide bonds. The summed E-state index contributed by atoms with van der Waals surface area (Å²) in [6, 6.07) is 5.41. The molecule has 0 bridgehead atoms. The summed E-state index contributed by atoms with van der Waals surface area (Å²) in [4.78, 5) is 4.52. The Kier molecular flexibility index (Phi) is 3.65. The van der Waals surface area contributed by atoms with Crippen molar-refractivity contribution < 1.29 is 17.9 Å². The highest BCUT2D eigenvalue weighted by Gasteiger charge is 2.35. The van der Waals surface area contributed by atoms with Gasteiger partial charge >= 0.3 is 6.18 Å². The molecule has 3 rings (SSSR count). The fourth-order valence-corrected chi connectivity index (χ4v) is 2.89. The lowest BCUT2D eigenvalue weighted by Gasteiger charge is -2.26. The molecule has 0 aromatic heterocycles. The molecule has 3 nitrogen and oxygen atoms in total. The number of alkyl halides is 3. The Morgan fingerprint density at radius 3 is 2.57 bits per heavy atom. The van der Waals surface area contributed by atoms with Crippen LogP contribution < -0.4 is 5.73 Å². The first-order chi connectivity index (χ1) is 9.91. The van der Waals surface area contributed by atoms with E-state index in [0.717, 1.165) is 37.0 Å². The molecule has 1 aromatic carbocycles. The number of nitrogens with zero attached hydrogens (tertiary/aromatic N) is 1. The third kappa shape index (κ3) is 3.20. The Hall–Kier alpha value is -1.56. The van der Waals surface area contributed by atoms with Crippen LogP contribution in [0.1, 0.15) is 30.4 Å². The molecule has 1 aliphatic heterocycles. The zero-order valence-corrected chi connectivity index (χ0v) is 11.4. The summed E-state index contributed by atoms with van der Waals surface area (Å²) in [6.07, 6.45) is -1.13. The normalized spacial score (nSPS) is 28.8. The maximum Gasteiger partial charge on any atom is 0.416 e. The lowest BCUT2D eigenvalue weighted by atomic mass is 9.90. The van der Waals surface area contributed by atoms with Crippen LogP contribution in [-0.2, 0) is 17.3 Å². The van der Waals surface area contributed by atoms with Gasteiger partial charge in [0.2, 0.25) is 0 Å². The number of ether oxygens (including phenoxy) is 1. The molecule has 114 valence electrons. The summed E-state index contributed by atoms with van der Waals surface area (Å²) in [7, 11) is 0. The van der Waals surface area contributed by atoms with Crippen LogP contribution in [0.5, 0.6) is 0 Å². The van der Waals surface area contributed by atoms with Crippen molar-refractivity contribution in [1.29, 1.82) is 0 Å². The maximum absolute atomic E-state index is 12.5. The molecule has 3 atom stereocenters. The summed E-state index contributed by atoms with van der Waals surface area (Å²) in [5.41, 5.74) is 6.04. The number of hydrogen-bond acceptors (Lipinski definition) is 3. The number of fused-ring (bicyclic) bond motifs is 1. The van der Waals surface area contributed by atoms with E-state index in [1.165, 1.54) is 12.1 Å². The maximum atomic E-state index is 12.5. The molecule has 2 aliphatic rings. The first-order valence-corrected chi connectivity index (χ1v) is 7.07. The molecular formula is C15H17F3N2O. The highest BCUT2D eigenvalue weighted by atomic mass is 19.4. The number of hydrogen-bond donors (Lipinski definition) is 1. The van der Waals surface area contributed by atoms with Crippen molar-refractivity contribution >= 4 is 5.90 Å². The highest BCUT2D eigenvalue weighted by molar-refractivity contribution is 5.80. The third-order valence-electron chi connectivity index (χ3n) is 4.03. The Labute approximate surface area is 121 Å². The van der Waals surface area contributed by atoms with E-state index in [1.54, 1.807) is 0 Å². The second kappa shape index (κ2) is 5.33. The average molecular weight is 298 g/mol. The summed E-state index contributed by atoms with van der Waals surface area (Å²) in [6.45, 7) is 0. The Balaban J connectivity index is 1.66. The van der Waals surface area contributed by atoms with Gasteiger partial charge in [0.15, 0.2) is 5.90 Å². The molecule has 0 spiro atoms. The van der Waals surface area contributed by atoms with Crippen molar-refractivity contribution in [3.8, 4) is 0 Å². The molecule has 1 aromatic rings. The molecule has 3 unspecified atom stereocenters. The number of aliphatic imine (C=N–C) groups is 1. The Bertz CT molecular complexity index is 539. The molecule has 1 saturated carbocycles. The standard InChI is InChI=1S/C15H17F3N2O/c16-15(17,18)10-3-1-9(2-4-10)7-14-20-12-8-11(19)5-6-13(12)21-14/h1-4,11-13H,5-8,19H2. The second-order valence-electron chi connectivity index (χ2n) is 5.69. The zero-order chi connectivity index (χ0) is 15.0. The minimum atomic E-state index is -4.30. The SMILES string of the molecule is NC1CCC2OC(Cc3ccc(C(F)(F)F)cc3)=NC2C1. The number of halogens is 3. The minimum absolute atomic E-state index is 0.0919. The lowest BCUT2D eigenvalue weighted by Crippen LogP contribution is -2.37. The van der Waals surface area contributed by atoms with Crippen LogP contribution in [0.4, 0.5) is 13.2 Å². The summed E-state index contributed by atoms with van der Waals surface area (Å²) in [5.74, 6) is 0.610. The van der Waals surface area contributed by atoms with E-state index in [-0.39, 0.29) is 18.2 Å². The van der Waals surface area contributed by atoms with E-state index in [2.05, 4.69) is 4.99 Å². The van der Waals surface area contributed by atoms with Crippen molar-refractivity contribution in [1.82, 2.24) is 0 Å². The van der Waals surface area contributed by atoms with Crippen LogP contribution in [0.25, 0.3) is 0 Å². The molecule has 21 heavy (non-hydrogen) atoms. The molecule has 1 fully saturated rings. The lowest BCUT2D eigenvalue weighted by molar-refractivity contribution is -0.137. The van der Waals surface area contributed by atoms with Gasteiger partial charge in [-0.25, -0.2) is 4.99 Å². The van der Waals surface area contributed by atoms with Gasteiger partial charge in [-0.1, -0.05) is 12.1 Å². The number of rotatable bonds is 2. The van der Waals surface area contributed by atoms with Gasteiger partial charge in [0.25, 0.3) is 0 Å². The quantitative estimate of drug-likeness (QED) is 0.912.